The Morgan fingerprint density at radius 2 is 1.78 bits per heavy atom. The van der Waals surface area contributed by atoms with Gasteiger partial charge in [-0.1, -0.05) is 12.1 Å². The number of halogens is 2. The van der Waals surface area contributed by atoms with Gasteiger partial charge in [-0.05, 0) is 42.8 Å². The average Bonchev–Trinajstić information content (AvgIpc) is 2.67. The van der Waals surface area contributed by atoms with Gasteiger partial charge in [-0.2, -0.15) is 8.78 Å². The highest BCUT2D eigenvalue weighted by Gasteiger charge is 2.23. The van der Waals surface area contributed by atoms with Crippen LogP contribution >= 0.6 is 0 Å². The lowest BCUT2D eigenvalue weighted by atomic mass is 10.1. The monoisotopic (exact) mass is 376 g/mol. The first-order chi connectivity index (χ1) is 13.0. The number of amides is 1. The van der Waals surface area contributed by atoms with Crippen LogP contribution in [-0.2, 0) is 0 Å². The number of hydrogen-bond donors (Lipinski definition) is 0. The van der Waals surface area contributed by atoms with E-state index in [1.54, 1.807) is 4.90 Å². The molecule has 0 bridgehead atoms. The van der Waals surface area contributed by atoms with Crippen molar-refractivity contribution in [1.82, 2.24) is 4.90 Å². The summed E-state index contributed by atoms with van der Waals surface area (Å²) in [7, 11) is 1.35. The molecule has 3 rings (SSSR count). The van der Waals surface area contributed by atoms with E-state index < -0.39 is 6.61 Å². The molecule has 1 saturated heterocycles. The van der Waals surface area contributed by atoms with Gasteiger partial charge in [-0.3, -0.25) is 4.79 Å². The molecule has 0 aliphatic carbocycles. The quantitative estimate of drug-likeness (QED) is 0.800. The number of carbonyl (C=O) groups excluding carboxylic acids is 1. The lowest BCUT2D eigenvalue weighted by Gasteiger charge is -2.36. The minimum atomic E-state index is -2.95. The van der Waals surface area contributed by atoms with E-state index in [0.717, 1.165) is 18.8 Å². The van der Waals surface area contributed by atoms with Crippen molar-refractivity contribution in [3.05, 3.63) is 53.6 Å². The van der Waals surface area contributed by atoms with Gasteiger partial charge in [0.05, 0.1) is 7.11 Å². The summed E-state index contributed by atoms with van der Waals surface area (Å²) in [5, 5.41) is 0. The number of rotatable bonds is 5. The highest BCUT2D eigenvalue weighted by atomic mass is 19.3. The van der Waals surface area contributed by atoms with Crippen LogP contribution in [-0.4, -0.2) is 50.7 Å². The Balaban J connectivity index is 1.67. The van der Waals surface area contributed by atoms with Crippen molar-refractivity contribution < 1.29 is 23.0 Å². The van der Waals surface area contributed by atoms with Crippen molar-refractivity contribution >= 4 is 11.6 Å². The van der Waals surface area contributed by atoms with Crippen molar-refractivity contribution in [2.45, 2.75) is 13.5 Å². The Labute approximate surface area is 157 Å². The minimum Gasteiger partial charge on any atom is -0.493 e. The van der Waals surface area contributed by atoms with E-state index in [2.05, 4.69) is 34.8 Å². The van der Waals surface area contributed by atoms with Crippen molar-refractivity contribution in [3.8, 4) is 11.5 Å². The number of carbonyl (C=O) groups is 1. The van der Waals surface area contributed by atoms with Gasteiger partial charge in [0.1, 0.15) is 0 Å². The molecule has 0 N–H and O–H groups in total. The van der Waals surface area contributed by atoms with Crippen LogP contribution in [0.2, 0.25) is 0 Å². The number of hydrogen-bond acceptors (Lipinski definition) is 4. The Morgan fingerprint density at radius 1 is 1.04 bits per heavy atom. The molecule has 1 aliphatic rings. The fourth-order valence-corrected chi connectivity index (χ4v) is 3.17. The topological polar surface area (TPSA) is 42.0 Å². The third-order valence-electron chi connectivity index (χ3n) is 4.56. The van der Waals surface area contributed by atoms with E-state index in [1.807, 2.05) is 6.07 Å². The Hall–Kier alpha value is -2.83. The molecule has 0 saturated carbocycles. The summed E-state index contributed by atoms with van der Waals surface area (Å²) < 4.78 is 34.3. The predicted molar refractivity (Wildman–Crippen MR) is 98.9 cm³/mol. The third kappa shape index (κ3) is 4.48. The molecule has 0 aromatic heterocycles. The second kappa shape index (κ2) is 8.24. The van der Waals surface area contributed by atoms with E-state index in [4.69, 9.17) is 4.74 Å². The number of piperazine rings is 1. The zero-order valence-corrected chi connectivity index (χ0v) is 15.3. The Bertz CT molecular complexity index is 806. The summed E-state index contributed by atoms with van der Waals surface area (Å²) >= 11 is 0. The van der Waals surface area contributed by atoms with Gasteiger partial charge < -0.3 is 19.3 Å². The van der Waals surface area contributed by atoms with Crippen molar-refractivity contribution in [2.75, 3.05) is 38.2 Å². The molecule has 2 aromatic carbocycles. The molecule has 2 aromatic rings. The molecule has 1 amide bonds. The largest absolute Gasteiger partial charge is 0.493 e. The van der Waals surface area contributed by atoms with Crippen LogP contribution in [0.25, 0.3) is 0 Å². The first-order valence-corrected chi connectivity index (χ1v) is 8.71. The van der Waals surface area contributed by atoms with E-state index in [1.165, 1.54) is 30.9 Å². The zero-order valence-electron chi connectivity index (χ0n) is 15.3. The van der Waals surface area contributed by atoms with Gasteiger partial charge in [0.15, 0.2) is 11.5 Å². The van der Waals surface area contributed by atoms with Crippen molar-refractivity contribution in [3.63, 3.8) is 0 Å². The summed E-state index contributed by atoms with van der Waals surface area (Å²) in [6, 6.07) is 12.5. The standard InChI is InChI=1S/C20H22F2N2O3/c1-14-4-3-5-16(12-14)23-8-10-24(11-9-23)19(25)15-6-7-17(27-20(21)22)18(13-15)26-2/h3-7,12-13,20H,8-11H2,1-2H3. The molecule has 1 heterocycles. The van der Waals surface area contributed by atoms with Crippen LogP contribution in [0, 0.1) is 6.92 Å². The summed E-state index contributed by atoms with van der Waals surface area (Å²) in [6.07, 6.45) is 0. The van der Waals surface area contributed by atoms with E-state index in [-0.39, 0.29) is 17.4 Å². The minimum absolute atomic E-state index is 0.0895. The van der Waals surface area contributed by atoms with Crippen LogP contribution < -0.4 is 14.4 Å². The van der Waals surface area contributed by atoms with Crippen LogP contribution in [0.5, 0.6) is 11.5 Å². The van der Waals surface area contributed by atoms with Gasteiger partial charge in [-0.15, -0.1) is 0 Å². The van der Waals surface area contributed by atoms with Crippen LogP contribution in [0.4, 0.5) is 14.5 Å². The summed E-state index contributed by atoms with van der Waals surface area (Å²) in [5.41, 5.74) is 2.74. The number of anilines is 1. The van der Waals surface area contributed by atoms with Crippen LogP contribution in [0.15, 0.2) is 42.5 Å². The summed E-state index contributed by atoms with van der Waals surface area (Å²) in [5.74, 6) is -0.131. The van der Waals surface area contributed by atoms with E-state index in [9.17, 15) is 13.6 Å². The number of ether oxygens (including phenoxy) is 2. The molecule has 1 aliphatic heterocycles. The first-order valence-electron chi connectivity index (χ1n) is 8.71. The van der Waals surface area contributed by atoms with Crippen molar-refractivity contribution in [2.24, 2.45) is 0 Å². The molecule has 0 spiro atoms. The molecule has 5 nitrogen and oxygen atoms in total. The molecular weight excluding hydrogens is 354 g/mol. The first kappa shape index (κ1) is 18.9. The normalized spacial score (nSPS) is 14.4. The van der Waals surface area contributed by atoms with Gasteiger partial charge in [0.25, 0.3) is 5.91 Å². The Morgan fingerprint density at radius 3 is 2.41 bits per heavy atom. The maximum absolute atomic E-state index is 12.8. The van der Waals surface area contributed by atoms with Gasteiger partial charge in [-0.25, -0.2) is 0 Å². The molecule has 0 atom stereocenters. The third-order valence-corrected chi connectivity index (χ3v) is 4.56. The Kier molecular flexibility index (Phi) is 5.78. The van der Waals surface area contributed by atoms with Gasteiger partial charge in [0, 0.05) is 37.4 Å². The second-order valence-electron chi connectivity index (χ2n) is 6.36. The predicted octanol–water partition coefficient (Wildman–Crippen LogP) is 3.57. The molecule has 1 fully saturated rings. The number of aryl methyl sites for hydroxylation is 1. The van der Waals surface area contributed by atoms with Gasteiger partial charge in [0.2, 0.25) is 0 Å². The second-order valence-corrected chi connectivity index (χ2v) is 6.36. The van der Waals surface area contributed by atoms with E-state index in [0.29, 0.717) is 18.7 Å². The average molecular weight is 376 g/mol. The molecule has 0 radical (unpaired) electrons. The summed E-state index contributed by atoms with van der Waals surface area (Å²) in [6.45, 7) is 1.75. The number of alkyl halides is 2. The highest BCUT2D eigenvalue weighted by molar-refractivity contribution is 5.95. The van der Waals surface area contributed by atoms with Crippen LogP contribution in [0.1, 0.15) is 15.9 Å². The molecule has 7 heteroatoms. The molecule has 27 heavy (non-hydrogen) atoms. The SMILES string of the molecule is COc1cc(C(=O)N2CCN(c3cccc(C)c3)CC2)ccc1OC(F)F. The summed E-state index contributed by atoms with van der Waals surface area (Å²) in [4.78, 5) is 16.8. The fraction of sp³-hybridized carbons (Fsp3) is 0.350. The lowest BCUT2D eigenvalue weighted by Crippen LogP contribution is -2.48. The maximum atomic E-state index is 12.8. The van der Waals surface area contributed by atoms with Crippen molar-refractivity contribution in [1.29, 1.82) is 0 Å². The number of nitrogens with zero attached hydrogens (tertiary/aromatic N) is 2. The molecule has 0 unspecified atom stereocenters. The molecular formula is C20H22F2N2O3. The highest BCUT2D eigenvalue weighted by Crippen LogP contribution is 2.30. The fourth-order valence-electron chi connectivity index (χ4n) is 3.17. The zero-order chi connectivity index (χ0) is 19.4. The molecule has 144 valence electrons. The van der Waals surface area contributed by atoms with E-state index >= 15 is 0 Å². The number of methoxy groups -OCH3 is 1. The number of benzene rings is 2. The van der Waals surface area contributed by atoms with Crippen LogP contribution in [0.3, 0.4) is 0 Å². The maximum Gasteiger partial charge on any atom is 0.387 e. The lowest BCUT2D eigenvalue weighted by molar-refractivity contribution is -0.0512. The van der Waals surface area contributed by atoms with Gasteiger partial charge >= 0.3 is 6.61 Å². The smallest absolute Gasteiger partial charge is 0.387 e.